The van der Waals surface area contributed by atoms with Crippen molar-refractivity contribution in [2.24, 2.45) is 0 Å². The molecule has 8 nitrogen and oxygen atoms in total. The lowest BCUT2D eigenvalue weighted by molar-refractivity contribution is -0.856. The minimum absolute atomic E-state index is 0.128. The number of aryl methyl sites for hydroxylation is 1. The van der Waals surface area contributed by atoms with Crippen LogP contribution in [0.1, 0.15) is 12.5 Å². The Morgan fingerprint density at radius 1 is 1.11 bits per heavy atom. The van der Waals surface area contributed by atoms with E-state index in [-0.39, 0.29) is 22.8 Å². The Morgan fingerprint density at radius 2 is 1.81 bits per heavy atom. The van der Waals surface area contributed by atoms with Crippen LogP contribution >= 0.6 is 0 Å². The van der Waals surface area contributed by atoms with Crippen molar-refractivity contribution in [3.8, 4) is 0 Å². The van der Waals surface area contributed by atoms with Crippen LogP contribution in [0.2, 0.25) is 0 Å². The first-order valence-corrected chi connectivity index (χ1v) is 10.1. The van der Waals surface area contributed by atoms with Crippen LogP contribution < -0.4 is 14.9 Å². The summed E-state index contributed by atoms with van der Waals surface area (Å²) >= 11 is 0. The molecule has 2 aromatic carbocycles. The number of likely N-dealkylation sites (N-methyl/N-ethyl adjacent to an activating group) is 1. The average Bonchev–Trinajstić information content (AvgIpc) is 2.61. The molecule has 0 fully saturated rings. The topological polar surface area (TPSA) is 106 Å². The lowest BCUT2D eigenvalue weighted by atomic mass is 10.1. The second-order valence-corrected chi connectivity index (χ2v) is 8.19. The van der Waals surface area contributed by atoms with Gasteiger partial charge in [-0.1, -0.05) is 25.1 Å². The molecule has 146 valence electrons. The van der Waals surface area contributed by atoms with Crippen LogP contribution in [0.15, 0.2) is 47.4 Å². The van der Waals surface area contributed by atoms with Gasteiger partial charge in [-0.05, 0) is 30.2 Å². The summed E-state index contributed by atoms with van der Waals surface area (Å²) in [5.74, 6) is 0. The van der Waals surface area contributed by atoms with Crippen molar-refractivity contribution < 1.29 is 18.2 Å². The number of hydrogen-bond acceptors (Lipinski definition) is 5. The summed E-state index contributed by atoms with van der Waals surface area (Å²) in [4.78, 5) is 11.9. The zero-order chi connectivity index (χ0) is 20.0. The van der Waals surface area contributed by atoms with E-state index in [0.29, 0.717) is 6.54 Å². The Labute approximate surface area is 159 Å². The summed E-state index contributed by atoms with van der Waals surface area (Å²) in [5.41, 5.74) is 1.72. The van der Waals surface area contributed by atoms with Gasteiger partial charge in [0, 0.05) is 11.8 Å². The Morgan fingerprint density at radius 3 is 2.44 bits per heavy atom. The molecule has 0 atom stereocenters. The van der Waals surface area contributed by atoms with E-state index in [9.17, 15) is 18.5 Å². The first-order chi connectivity index (χ1) is 12.7. The minimum atomic E-state index is -3.81. The molecule has 2 aromatic rings. The van der Waals surface area contributed by atoms with Crippen molar-refractivity contribution in [1.82, 2.24) is 4.72 Å². The highest BCUT2D eigenvalue weighted by Gasteiger charge is 2.22. The number of rotatable bonds is 9. The third-order valence-corrected chi connectivity index (χ3v) is 5.52. The van der Waals surface area contributed by atoms with Gasteiger partial charge in [0.25, 0.3) is 5.69 Å². The SMILES string of the molecule is CCc1ccccc1Nc1ccc(S(=O)(=O)NCC[NH+](C)C)cc1[N+](=O)[O-]. The van der Waals surface area contributed by atoms with E-state index >= 15 is 0 Å². The smallest absolute Gasteiger partial charge is 0.294 e. The summed E-state index contributed by atoms with van der Waals surface area (Å²) in [7, 11) is 0.0110. The quantitative estimate of drug-likeness (QED) is 0.440. The van der Waals surface area contributed by atoms with Gasteiger partial charge in [-0.15, -0.1) is 0 Å². The third kappa shape index (κ3) is 5.49. The fourth-order valence-electron chi connectivity index (χ4n) is 2.55. The summed E-state index contributed by atoms with van der Waals surface area (Å²) in [5, 5.41) is 14.5. The van der Waals surface area contributed by atoms with Crippen molar-refractivity contribution in [3.63, 3.8) is 0 Å². The van der Waals surface area contributed by atoms with Crippen LogP contribution in [0, 0.1) is 10.1 Å². The molecular formula is C18H25N4O4S+. The second kappa shape index (κ2) is 8.94. The molecule has 0 saturated heterocycles. The number of hydrogen-bond donors (Lipinski definition) is 3. The number of anilines is 2. The number of para-hydroxylation sites is 1. The molecule has 27 heavy (non-hydrogen) atoms. The van der Waals surface area contributed by atoms with Crippen molar-refractivity contribution >= 4 is 27.1 Å². The molecule has 0 unspecified atom stereocenters. The van der Waals surface area contributed by atoms with Gasteiger partial charge in [-0.25, -0.2) is 13.1 Å². The van der Waals surface area contributed by atoms with E-state index in [4.69, 9.17) is 0 Å². The van der Waals surface area contributed by atoms with Gasteiger partial charge in [0.1, 0.15) is 5.69 Å². The molecule has 0 aliphatic rings. The van der Waals surface area contributed by atoms with Crippen LogP contribution in [-0.4, -0.2) is 40.5 Å². The number of nitro groups is 1. The van der Waals surface area contributed by atoms with Crippen LogP contribution in [0.5, 0.6) is 0 Å². The summed E-state index contributed by atoms with van der Waals surface area (Å²) < 4.78 is 27.3. The Kier molecular flexibility index (Phi) is 6.89. The Bertz CT molecular complexity index is 913. The highest BCUT2D eigenvalue weighted by molar-refractivity contribution is 7.89. The maximum atomic E-state index is 12.4. The van der Waals surface area contributed by atoms with Gasteiger partial charge in [0.05, 0.1) is 37.0 Å². The fourth-order valence-corrected chi connectivity index (χ4v) is 3.60. The van der Waals surface area contributed by atoms with E-state index in [0.717, 1.165) is 28.6 Å². The number of nitro benzene ring substituents is 1. The lowest BCUT2D eigenvalue weighted by Gasteiger charge is -2.13. The summed E-state index contributed by atoms with van der Waals surface area (Å²) in [6, 6.07) is 11.4. The number of quaternary nitrogens is 1. The molecule has 0 radical (unpaired) electrons. The van der Waals surface area contributed by atoms with E-state index in [1.165, 1.54) is 12.1 Å². The van der Waals surface area contributed by atoms with Crippen LogP contribution in [0.3, 0.4) is 0 Å². The molecule has 0 aliphatic carbocycles. The fraction of sp³-hybridized carbons (Fsp3) is 0.333. The maximum Gasteiger partial charge on any atom is 0.294 e. The minimum Gasteiger partial charge on any atom is -0.350 e. The Balaban J connectivity index is 2.33. The van der Waals surface area contributed by atoms with Gasteiger partial charge in [-0.3, -0.25) is 10.1 Å². The maximum absolute atomic E-state index is 12.4. The van der Waals surface area contributed by atoms with E-state index in [1.807, 2.05) is 45.3 Å². The normalized spacial score (nSPS) is 11.6. The van der Waals surface area contributed by atoms with E-state index in [1.54, 1.807) is 0 Å². The highest BCUT2D eigenvalue weighted by Crippen LogP contribution is 2.31. The first kappa shape index (κ1) is 20.8. The Hall–Kier alpha value is -2.49. The molecule has 2 rings (SSSR count). The van der Waals surface area contributed by atoms with E-state index < -0.39 is 14.9 Å². The number of nitrogens with zero attached hydrogens (tertiary/aromatic N) is 1. The van der Waals surface area contributed by atoms with E-state index in [2.05, 4.69) is 10.0 Å². The molecule has 0 amide bonds. The van der Waals surface area contributed by atoms with Crippen molar-refractivity contribution in [3.05, 3.63) is 58.1 Å². The lowest BCUT2D eigenvalue weighted by Crippen LogP contribution is -3.06. The van der Waals surface area contributed by atoms with Crippen LogP contribution in [-0.2, 0) is 16.4 Å². The molecule has 0 spiro atoms. The molecule has 0 aromatic heterocycles. The molecule has 0 saturated carbocycles. The molecule has 3 N–H and O–H groups in total. The predicted octanol–water partition coefficient (Wildman–Crippen LogP) is 1.32. The molecule has 0 heterocycles. The highest BCUT2D eigenvalue weighted by atomic mass is 32.2. The second-order valence-electron chi connectivity index (χ2n) is 6.43. The van der Waals surface area contributed by atoms with Crippen LogP contribution in [0.4, 0.5) is 17.1 Å². The zero-order valence-corrected chi connectivity index (χ0v) is 16.5. The summed E-state index contributed by atoms with van der Waals surface area (Å²) in [6.45, 7) is 2.85. The average molecular weight is 393 g/mol. The number of sulfonamides is 1. The van der Waals surface area contributed by atoms with Crippen molar-refractivity contribution in [2.75, 3.05) is 32.5 Å². The van der Waals surface area contributed by atoms with Gasteiger partial charge in [0.2, 0.25) is 10.0 Å². The number of nitrogens with one attached hydrogen (secondary N) is 3. The van der Waals surface area contributed by atoms with Gasteiger partial charge in [0.15, 0.2) is 0 Å². The van der Waals surface area contributed by atoms with Crippen LogP contribution in [0.25, 0.3) is 0 Å². The summed E-state index contributed by atoms with van der Waals surface area (Å²) in [6.07, 6.45) is 0.765. The first-order valence-electron chi connectivity index (χ1n) is 8.66. The molecule has 9 heteroatoms. The standard InChI is InChI=1S/C18H24N4O4S/c1-4-14-7-5-6-8-16(14)20-17-10-9-15(13-18(17)22(23)24)27(25,26)19-11-12-21(2)3/h5-10,13,19-20H,4,11-12H2,1-3H3/p+1. The largest absolute Gasteiger partial charge is 0.350 e. The van der Waals surface area contributed by atoms with Crippen molar-refractivity contribution in [2.45, 2.75) is 18.2 Å². The molecule has 0 aliphatic heterocycles. The predicted molar refractivity (Wildman–Crippen MR) is 105 cm³/mol. The third-order valence-electron chi connectivity index (χ3n) is 4.06. The molecule has 0 bridgehead atoms. The molecular weight excluding hydrogens is 368 g/mol. The van der Waals surface area contributed by atoms with Gasteiger partial charge < -0.3 is 10.2 Å². The van der Waals surface area contributed by atoms with Crippen molar-refractivity contribution in [1.29, 1.82) is 0 Å². The monoisotopic (exact) mass is 393 g/mol. The van der Waals surface area contributed by atoms with Gasteiger partial charge >= 0.3 is 0 Å². The number of benzene rings is 2. The van der Waals surface area contributed by atoms with Gasteiger partial charge in [-0.2, -0.15) is 0 Å². The zero-order valence-electron chi connectivity index (χ0n) is 15.7.